The first-order valence-electron chi connectivity index (χ1n) is 3.99. The summed E-state index contributed by atoms with van der Waals surface area (Å²) in [5.74, 6) is 0. The molecule has 0 heterocycles. The average Bonchev–Trinajstić information content (AvgIpc) is 1.89. The lowest BCUT2D eigenvalue weighted by atomic mass is 10.2. The fourth-order valence-electron chi connectivity index (χ4n) is 0.712. The summed E-state index contributed by atoms with van der Waals surface area (Å²) >= 11 is 0. The van der Waals surface area contributed by atoms with Gasteiger partial charge in [0.1, 0.15) is 0 Å². The monoisotopic (exact) mass is 139 g/mol. The Balaban J connectivity index is 3.56. The van der Waals surface area contributed by atoms with Crippen LogP contribution in [0.15, 0.2) is 17.3 Å². The maximum absolute atomic E-state index is 4.24. The van der Waals surface area contributed by atoms with E-state index in [0.29, 0.717) is 0 Å². The van der Waals surface area contributed by atoms with Crippen molar-refractivity contribution in [3.05, 3.63) is 12.3 Å². The molecule has 0 unspecified atom stereocenters. The smallest absolute Gasteiger partial charge is 0.0227 e. The van der Waals surface area contributed by atoms with Crippen LogP contribution in [0.4, 0.5) is 0 Å². The number of nitrogens with zero attached hydrogens (tertiary/aromatic N) is 1. The van der Waals surface area contributed by atoms with Crippen molar-refractivity contribution in [3.63, 3.8) is 0 Å². The third-order valence-corrected chi connectivity index (χ3v) is 1.25. The Bertz CT molecular complexity index is 123. The van der Waals surface area contributed by atoms with E-state index in [1.165, 1.54) is 12.1 Å². The molecule has 0 aliphatic rings. The van der Waals surface area contributed by atoms with Gasteiger partial charge in [-0.3, -0.25) is 4.99 Å². The molecule has 1 heteroatoms. The first-order valence-corrected chi connectivity index (χ1v) is 3.99. The molecule has 0 aromatic carbocycles. The summed E-state index contributed by atoms with van der Waals surface area (Å²) in [5, 5.41) is 0. The fraction of sp³-hybridized carbons (Fsp3) is 0.667. The molecule has 1 nitrogen and oxygen atoms in total. The summed E-state index contributed by atoms with van der Waals surface area (Å²) in [7, 11) is 0. The van der Waals surface area contributed by atoms with Crippen LogP contribution in [-0.4, -0.2) is 5.71 Å². The maximum Gasteiger partial charge on any atom is 0.0227 e. The molecule has 0 bridgehead atoms. The lowest BCUT2D eigenvalue weighted by Crippen LogP contribution is -1.86. The zero-order valence-corrected chi connectivity index (χ0v) is 7.22. The van der Waals surface area contributed by atoms with Crippen LogP contribution in [0.25, 0.3) is 0 Å². The van der Waals surface area contributed by atoms with Gasteiger partial charge in [-0.15, -0.1) is 0 Å². The van der Waals surface area contributed by atoms with Crippen LogP contribution in [0.5, 0.6) is 0 Å². The molecule has 58 valence electrons. The van der Waals surface area contributed by atoms with E-state index in [-0.39, 0.29) is 0 Å². The van der Waals surface area contributed by atoms with Crippen LogP contribution in [-0.2, 0) is 0 Å². The van der Waals surface area contributed by atoms with E-state index in [4.69, 9.17) is 0 Å². The van der Waals surface area contributed by atoms with Crippen LogP contribution in [0.1, 0.15) is 40.0 Å². The van der Waals surface area contributed by atoms with Gasteiger partial charge < -0.3 is 0 Å². The zero-order valence-electron chi connectivity index (χ0n) is 7.22. The summed E-state index contributed by atoms with van der Waals surface area (Å²) in [6, 6.07) is 0. The van der Waals surface area contributed by atoms with Crippen LogP contribution in [0.2, 0.25) is 0 Å². The second-order valence-electron chi connectivity index (χ2n) is 2.41. The van der Waals surface area contributed by atoms with Gasteiger partial charge in [0.25, 0.3) is 0 Å². The lowest BCUT2D eigenvalue weighted by Gasteiger charge is -1.91. The maximum atomic E-state index is 4.24. The number of hydrogen-bond donors (Lipinski definition) is 0. The minimum Gasteiger partial charge on any atom is -0.266 e. The summed E-state index contributed by atoms with van der Waals surface area (Å²) in [5.41, 5.74) is 1.23. The van der Waals surface area contributed by atoms with E-state index in [1.54, 1.807) is 0 Å². The molecule has 0 aromatic heterocycles. The van der Waals surface area contributed by atoms with Gasteiger partial charge in [0, 0.05) is 11.9 Å². The highest BCUT2D eigenvalue weighted by Gasteiger charge is 1.83. The van der Waals surface area contributed by atoms with Gasteiger partial charge in [-0.25, -0.2) is 0 Å². The molecular weight excluding hydrogens is 122 g/mol. The standard InChI is InChI=1S/C9H17N/c1-4-6-8-10-9(3)7-5-2/h6,8H,4-5,7H2,1-3H3/b8-6-,10-9?. The summed E-state index contributed by atoms with van der Waals surface area (Å²) in [4.78, 5) is 4.24. The highest BCUT2D eigenvalue weighted by molar-refractivity contribution is 5.82. The van der Waals surface area contributed by atoms with Gasteiger partial charge in [-0.1, -0.05) is 26.3 Å². The highest BCUT2D eigenvalue weighted by atomic mass is 14.7. The second-order valence-corrected chi connectivity index (χ2v) is 2.41. The molecule has 0 aliphatic heterocycles. The fourth-order valence-corrected chi connectivity index (χ4v) is 0.712. The van der Waals surface area contributed by atoms with Crippen LogP contribution in [0, 0.1) is 0 Å². The van der Waals surface area contributed by atoms with Gasteiger partial charge >= 0.3 is 0 Å². The Hall–Kier alpha value is -0.590. The summed E-state index contributed by atoms with van der Waals surface area (Å²) < 4.78 is 0. The molecule has 0 aromatic rings. The molecule has 0 rings (SSSR count). The first kappa shape index (κ1) is 9.41. The van der Waals surface area contributed by atoms with Gasteiger partial charge in [0.2, 0.25) is 0 Å². The summed E-state index contributed by atoms with van der Waals surface area (Å²) in [6.07, 6.45) is 7.34. The zero-order chi connectivity index (χ0) is 7.82. The topological polar surface area (TPSA) is 12.4 Å². The average molecular weight is 139 g/mol. The molecule has 0 fully saturated rings. The SMILES string of the molecule is CC/C=C\N=C(C)CCC. The second kappa shape index (κ2) is 6.53. The predicted molar refractivity (Wildman–Crippen MR) is 47.4 cm³/mol. The van der Waals surface area contributed by atoms with Crippen molar-refractivity contribution in [1.29, 1.82) is 0 Å². The van der Waals surface area contributed by atoms with Crippen molar-refractivity contribution >= 4 is 5.71 Å². The van der Waals surface area contributed by atoms with Crippen molar-refractivity contribution in [2.24, 2.45) is 4.99 Å². The Labute approximate surface area is 63.9 Å². The van der Waals surface area contributed by atoms with E-state index in [1.807, 2.05) is 6.20 Å². The van der Waals surface area contributed by atoms with Crippen molar-refractivity contribution < 1.29 is 0 Å². The van der Waals surface area contributed by atoms with Gasteiger partial charge in [-0.2, -0.15) is 0 Å². The Morgan fingerprint density at radius 1 is 1.40 bits per heavy atom. The lowest BCUT2D eigenvalue weighted by molar-refractivity contribution is 0.987. The van der Waals surface area contributed by atoms with E-state index in [0.717, 1.165) is 12.8 Å². The molecule has 0 radical (unpaired) electrons. The van der Waals surface area contributed by atoms with E-state index in [9.17, 15) is 0 Å². The number of aliphatic imine (C=N–C) groups is 1. The van der Waals surface area contributed by atoms with E-state index >= 15 is 0 Å². The van der Waals surface area contributed by atoms with Crippen LogP contribution < -0.4 is 0 Å². The van der Waals surface area contributed by atoms with Crippen molar-refractivity contribution in [2.75, 3.05) is 0 Å². The van der Waals surface area contributed by atoms with Gasteiger partial charge in [-0.05, 0) is 19.8 Å². The molecule has 0 atom stereocenters. The Kier molecular flexibility index (Phi) is 6.14. The Morgan fingerprint density at radius 2 is 2.10 bits per heavy atom. The molecule has 0 spiro atoms. The number of allylic oxidation sites excluding steroid dienone is 1. The number of rotatable bonds is 4. The quantitative estimate of drug-likeness (QED) is 0.530. The molecule has 0 amide bonds. The third-order valence-electron chi connectivity index (χ3n) is 1.25. The minimum absolute atomic E-state index is 1.07. The predicted octanol–water partition coefficient (Wildman–Crippen LogP) is 3.17. The molecule has 0 saturated heterocycles. The van der Waals surface area contributed by atoms with Crippen molar-refractivity contribution in [1.82, 2.24) is 0 Å². The van der Waals surface area contributed by atoms with Crippen molar-refractivity contribution in [3.8, 4) is 0 Å². The number of hydrogen-bond acceptors (Lipinski definition) is 1. The Morgan fingerprint density at radius 3 is 2.60 bits per heavy atom. The first-order chi connectivity index (χ1) is 4.81. The molecular formula is C9H17N. The molecule has 0 aliphatic carbocycles. The van der Waals surface area contributed by atoms with Gasteiger partial charge in [0.15, 0.2) is 0 Å². The van der Waals surface area contributed by atoms with Gasteiger partial charge in [0.05, 0.1) is 0 Å². The molecule has 0 N–H and O–H groups in total. The largest absolute Gasteiger partial charge is 0.266 e. The molecule has 0 saturated carbocycles. The highest BCUT2D eigenvalue weighted by Crippen LogP contribution is 1.92. The third kappa shape index (κ3) is 5.54. The summed E-state index contributed by atoms with van der Waals surface area (Å²) in [6.45, 7) is 6.35. The van der Waals surface area contributed by atoms with E-state index < -0.39 is 0 Å². The normalized spacial score (nSPS) is 12.9. The molecule has 10 heavy (non-hydrogen) atoms. The minimum atomic E-state index is 1.07. The van der Waals surface area contributed by atoms with E-state index in [2.05, 4.69) is 31.8 Å². The van der Waals surface area contributed by atoms with Crippen LogP contribution in [0.3, 0.4) is 0 Å². The van der Waals surface area contributed by atoms with Crippen LogP contribution >= 0.6 is 0 Å². The van der Waals surface area contributed by atoms with Crippen molar-refractivity contribution in [2.45, 2.75) is 40.0 Å².